The van der Waals surface area contributed by atoms with Crippen molar-refractivity contribution in [2.75, 3.05) is 0 Å². The monoisotopic (exact) mass is 374 g/mol. The molecule has 140 valence electrons. The van der Waals surface area contributed by atoms with E-state index in [1.807, 2.05) is 60.7 Å². The molecule has 1 unspecified atom stereocenters. The van der Waals surface area contributed by atoms with Gasteiger partial charge in [0.15, 0.2) is 0 Å². The van der Waals surface area contributed by atoms with Crippen LogP contribution in [0, 0.1) is 5.92 Å². The second-order valence-corrected chi connectivity index (χ2v) is 6.74. The topological polar surface area (TPSA) is 107 Å². The summed E-state index contributed by atoms with van der Waals surface area (Å²) < 4.78 is 0. The predicted molar refractivity (Wildman–Crippen MR) is 105 cm³/mol. The number of amides is 1. The number of aromatic nitrogens is 2. The lowest BCUT2D eigenvalue weighted by Gasteiger charge is -2.18. The van der Waals surface area contributed by atoms with Gasteiger partial charge >= 0.3 is 5.69 Å². The molecule has 28 heavy (non-hydrogen) atoms. The summed E-state index contributed by atoms with van der Waals surface area (Å²) in [6.45, 7) is 0. The predicted octanol–water partition coefficient (Wildman–Crippen LogP) is 1.52. The lowest BCUT2D eigenvalue weighted by atomic mass is 9.85. The minimum absolute atomic E-state index is 0.210. The average Bonchev–Trinajstić information content (AvgIpc) is 3.46. The van der Waals surface area contributed by atoms with Gasteiger partial charge < -0.3 is 4.98 Å². The molecule has 1 amide bonds. The van der Waals surface area contributed by atoms with Crippen molar-refractivity contribution < 1.29 is 4.79 Å². The molecule has 7 nitrogen and oxygen atoms in total. The Morgan fingerprint density at radius 1 is 1.00 bits per heavy atom. The van der Waals surface area contributed by atoms with Gasteiger partial charge in [-0.15, -0.1) is 0 Å². The summed E-state index contributed by atoms with van der Waals surface area (Å²) in [5.41, 5.74) is 3.37. The zero-order valence-corrected chi connectivity index (χ0v) is 14.9. The molecule has 1 aliphatic carbocycles. The lowest BCUT2D eigenvalue weighted by molar-refractivity contribution is -0.122. The summed E-state index contributed by atoms with van der Waals surface area (Å²) in [4.78, 5) is 39.8. The lowest BCUT2D eigenvalue weighted by Crippen LogP contribution is -2.26. The maximum absolute atomic E-state index is 12.7. The third kappa shape index (κ3) is 3.29. The molecule has 0 radical (unpaired) electrons. The number of hydrogen-bond acceptors (Lipinski definition) is 4. The Hall–Kier alpha value is -3.74. The van der Waals surface area contributed by atoms with Crippen LogP contribution in [0.4, 0.5) is 0 Å². The van der Waals surface area contributed by atoms with Crippen molar-refractivity contribution in [2.24, 2.45) is 11.0 Å². The van der Waals surface area contributed by atoms with E-state index < -0.39 is 11.2 Å². The van der Waals surface area contributed by atoms with Gasteiger partial charge in [0.1, 0.15) is 0 Å². The number of benzene rings is 2. The Labute approximate surface area is 160 Å². The van der Waals surface area contributed by atoms with Crippen molar-refractivity contribution in [3.63, 3.8) is 0 Å². The van der Waals surface area contributed by atoms with Crippen molar-refractivity contribution in [3.05, 3.63) is 104 Å². The molecule has 1 fully saturated rings. The maximum atomic E-state index is 12.7. The molecule has 1 aliphatic rings. The quantitative estimate of drug-likeness (QED) is 0.465. The van der Waals surface area contributed by atoms with Crippen LogP contribution in [0.3, 0.4) is 0 Å². The molecule has 0 bridgehead atoms. The van der Waals surface area contributed by atoms with E-state index in [9.17, 15) is 14.4 Å². The second-order valence-electron chi connectivity index (χ2n) is 6.74. The van der Waals surface area contributed by atoms with Crippen LogP contribution in [0.5, 0.6) is 0 Å². The molecule has 0 saturated heterocycles. The summed E-state index contributed by atoms with van der Waals surface area (Å²) in [7, 11) is 0. The SMILES string of the molecule is O=C(NN=Cc1cc(=O)[nH]c(=O)[nH]1)C1CC1(c1ccccc1)c1ccccc1. The molecule has 1 heterocycles. The van der Waals surface area contributed by atoms with Gasteiger partial charge in [-0.25, -0.2) is 10.2 Å². The van der Waals surface area contributed by atoms with Crippen LogP contribution in [0.2, 0.25) is 0 Å². The number of nitrogens with one attached hydrogen (secondary N) is 3. The highest BCUT2D eigenvalue weighted by Gasteiger charge is 2.60. The van der Waals surface area contributed by atoms with E-state index in [-0.39, 0.29) is 22.9 Å². The van der Waals surface area contributed by atoms with Crippen molar-refractivity contribution in [1.29, 1.82) is 0 Å². The minimum atomic E-state index is -0.630. The number of H-pyrrole nitrogens is 2. The van der Waals surface area contributed by atoms with E-state index in [0.717, 1.165) is 11.1 Å². The molecule has 3 N–H and O–H groups in total. The van der Waals surface area contributed by atoms with Gasteiger partial charge in [0, 0.05) is 11.5 Å². The summed E-state index contributed by atoms with van der Waals surface area (Å²) in [5, 5.41) is 3.89. The van der Waals surface area contributed by atoms with E-state index >= 15 is 0 Å². The summed E-state index contributed by atoms with van der Waals surface area (Å²) >= 11 is 0. The fraction of sp³-hybridized carbons (Fsp3) is 0.143. The van der Waals surface area contributed by atoms with Gasteiger partial charge in [0.05, 0.1) is 17.8 Å². The van der Waals surface area contributed by atoms with Crippen LogP contribution in [-0.4, -0.2) is 22.1 Å². The Kier molecular flexibility index (Phi) is 4.49. The first-order chi connectivity index (χ1) is 13.6. The highest BCUT2D eigenvalue weighted by molar-refractivity contribution is 5.87. The molecule has 2 aromatic carbocycles. The fourth-order valence-electron chi connectivity index (χ4n) is 3.66. The molecule has 4 rings (SSSR count). The first-order valence-corrected chi connectivity index (χ1v) is 8.87. The van der Waals surface area contributed by atoms with Crippen LogP contribution in [0.25, 0.3) is 0 Å². The number of carbonyl (C=O) groups is 1. The Morgan fingerprint density at radius 2 is 1.61 bits per heavy atom. The normalized spacial score (nSPS) is 17.4. The Morgan fingerprint density at radius 3 is 2.18 bits per heavy atom. The van der Waals surface area contributed by atoms with Crippen LogP contribution in [0.15, 0.2) is 81.4 Å². The average molecular weight is 374 g/mol. The van der Waals surface area contributed by atoms with E-state index in [0.29, 0.717) is 6.42 Å². The van der Waals surface area contributed by atoms with Crippen molar-refractivity contribution in [1.82, 2.24) is 15.4 Å². The number of hydrogen-bond donors (Lipinski definition) is 3. The summed E-state index contributed by atoms with van der Waals surface area (Å²) in [6, 6.07) is 21.1. The second kappa shape index (κ2) is 7.11. The van der Waals surface area contributed by atoms with Crippen LogP contribution in [0.1, 0.15) is 23.2 Å². The molecular weight excluding hydrogens is 356 g/mol. The van der Waals surface area contributed by atoms with Crippen LogP contribution in [-0.2, 0) is 10.2 Å². The van der Waals surface area contributed by atoms with Gasteiger partial charge in [-0.1, -0.05) is 60.7 Å². The summed E-state index contributed by atoms with van der Waals surface area (Å²) in [5.74, 6) is -0.469. The zero-order chi connectivity index (χ0) is 19.6. The van der Waals surface area contributed by atoms with Crippen molar-refractivity contribution in [2.45, 2.75) is 11.8 Å². The van der Waals surface area contributed by atoms with E-state index in [4.69, 9.17) is 0 Å². The number of hydrazone groups is 1. The number of nitrogens with zero attached hydrogens (tertiary/aromatic N) is 1. The highest BCUT2D eigenvalue weighted by atomic mass is 16.2. The number of carbonyl (C=O) groups excluding carboxylic acids is 1. The first kappa shape index (κ1) is 17.7. The Balaban J connectivity index is 1.55. The third-order valence-electron chi connectivity index (χ3n) is 5.01. The molecule has 7 heteroatoms. The van der Waals surface area contributed by atoms with Crippen molar-refractivity contribution in [3.8, 4) is 0 Å². The molecule has 3 aromatic rings. The minimum Gasteiger partial charge on any atom is -0.306 e. The van der Waals surface area contributed by atoms with E-state index in [1.54, 1.807) is 0 Å². The molecule has 1 atom stereocenters. The number of rotatable bonds is 5. The highest BCUT2D eigenvalue weighted by Crippen LogP contribution is 2.58. The first-order valence-electron chi connectivity index (χ1n) is 8.87. The standard InChI is InChI=1S/C21H18N4O3/c26-18-11-16(23-20(28)24-18)13-22-25-19(27)17-12-21(17,14-7-3-1-4-8-14)15-9-5-2-6-10-15/h1-11,13,17H,12H2,(H,25,27)(H2,23,24,26,28). The van der Waals surface area contributed by atoms with Gasteiger partial charge in [0.2, 0.25) is 5.91 Å². The van der Waals surface area contributed by atoms with E-state index in [1.165, 1.54) is 12.3 Å². The molecule has 0 aliphatic heterocycles. The van der Waals surface area contributed by atoms with Crippen LogP contribution < -0.4 is 16.7 Å². The van der Waals surface area contributed by atoms with Crippen molar-refractivity contribution >= 4 is 12.1 Å². The summed E-state index contributed by atoms with van der Waals surface area (Å²) in [6.07, 6.45) is 1.92. The number of aromatic amines is 2. The van der Waals surface area contributed by atoms with Crippen LogP contribution >= 0.6 is 0 Å². The van der Waals surface area contributed by atoms with E-state index in [2.05, 4.69) is 20.5 Å². The third-order valence-corrected chi connectivity index (χ3v) is 5.01. The zero-order valence-electron chi connectivity index (χ0n) is 14.9. The molecule has 1 saturated carbocycles. The van der Waals surface area contributed by atoms with Gasteiger partial charge in [-0.2, -0.15) is 5.10 Å². The largest absolute Gasteiger partial charge is 0.326 e. The van der Waals surface area contributed by atoms with Gasteiger partial charge in [0.25, 0.3) is 5.56 Å². The van der Waals surface area contributed by atoms with Gasteiger partial charge in [-0.05, 0) is 17.5 Å². The smallest absolute Gasteiger partial charge is 0.306 e. The van der Waals surface area contributed by atoms with Gasteiger partial charge in [-0.3, -0.25) is 14.6 Å². The maximum Gasteiger partial charge on any atom is 0.326 e. The molecule has 1 aromatic heterocycles. The Bertz CT molecular complexity index is 1070. The molecular formula is C21H18N4O3. The molecule has 0 spiro atoms. The fourth-order valence-corrected chi connectivity index (χ4v) is 3.66.